The highest BCUT2D eigenvalue weighted by Crippen LogP contribution is 2.40. The Balaban J connectivity index is 2.18. The fraction of sp³-hybridized carbons (Fsp3) is 0.462. The predicted octanol–water partition coefficient (Wildman–Crippen LogP) is 1.19. The van der Waals surface area contributed by atoms with Crippen molar-refractivity contribution in [2.45, 2.75) is 37.3 Å². The lowest BCUT2D eigenvalue weighted by molar-refractivity contribution is -0.115. The second-order valence-electron chi connectivity index (χ2n) is 5.24. The summed E-state index contributed by atoms with van der Waals surface area (Å²) in [7, 11) is 0. The summed E-state index contributed by atoms with van der Waals surface area (Å²) in [5, 5.41) is 0.977. The maximum atomic E-state index is 12.5. The van der Waals surface area contributed by atoms with Crippen molar-refractivity contribution in [1.29, 1.82) is 0 Å². The number of aryl methyl sites for hydroxylation is 1. The molecule has 0 saturated heterocycles. The van der Waals surface area contributed by atoms with Gasteiger partial charge in [-0.15, -0.1) is 11.3 Å². The van der Waals surface area contributed by atoms with Gasteiger partial charge in [0.05, 0.1) is 11.1 Å². The van der Waals surface area contributed by atoms with Crippen molar-refractivity contribution in [3.05, 3.63) is 20.8 Å². The number of nitrogens with zero attached hydrogens (tertiary/aromatic N) is 2. The van der Waals surface area contributed by atoms with Gasteiger partial charge in [0.2, 0.25) is 5.91 Å². The van der Waals surface area contributed by atoms with Crippen molar-refractivity contribution in [2.24, 2.45) is 5.73 Å². The van der Waals surface area contributed by atoms with Gasteiger partial charge in [-0.05, 0) is 30.7 Å². The van der Waals surface area contributed by atoms with Crippen molar-refractivity contribution in [3.63, 3.8) is 0 Å². The summed E-state index contributed by atoms with van der Waals surface area (Å²) in [4.78, 5) is 29.8. The summed E-state index contributed by atoms with van der Waals surface area (Å²) in [6, 6.07) is 0. The molecule has 21 heavy (non-hydrogen) atoms. The second kappa shape index (κ2) is 5.34. The van der Waals surface area contributed by atoms with E-state index < -0.39 is 5.91 Å². The zero-order chi connectivity index (χ0) is 15.1. The number of hydrogen-bond donors (Lipinski definition) is 2. The highest BCUT2D eigenvalue weighted by Gasteiger charge is 2.25. The monoisotopic (exact) mass is 324 g/mol. The number of aromatic nitrogens is 2. The van der Waals surface area contributed by atoms with Crippen molar-refractivity contribution < 1.29 is 4.79 Å². The van der Waals surface area contributed by atoms with E-state index in [0.717, 1.165) is 41.3 Å². The molecule has 3 rings (SSSR count). The van der Waals surface area contributed by atoms with Crippen LogP contribution in [0.1, 0.15) is 36.1 Å². The summed E-state index contributed by atoms with van der Waals surface area (Å²) in [6.45, 7) is 2.14. The first-order chi connectivity index (χ1) is 9.99. The Bertz CT molecular complexity index is 781. The Morgan fingerprint density at radius 2 is 2.33 bits per heavy atom. The van der Waals surface area contributed by atoms with Crippen molar-refractivity contribution in [2.75, 3.05) is 11.6 Å². The molecule has 1 aliphatic carbocycles. The van der Waals surface area contributed by atoms with Crippen molar-refractivity contribution >= 4 is 39.2 Å². The Kier molecular flexibility index (Phi) is 3.66. The van der Waals surface area contributed by atoms with E-state index in [1.54, 1.807) is 11.3 Å². The molecule has 2 heterocycles. The van der Waals surface area contributed by atoms with Crippen LogP contribution in [0.25, 0.3) is 10.2 Å². The first-order valence-electron chi connectivity index (χ1n) is 6.73. The molecule has 1 aliphatic rings. The van der Waals surface area contributed by atoms with Crippen LogP contribution >= 0.6 is 23.1 Å². The number of nitrogens with two attached hydrogens (primary N) is 2. The maximum Gasteiger partial charge on any atom is 0.281 e. The predicted molar refractivity (Wildman–Crippen MR) is 85.3 cm³/mol. The number of thiophene rings is 1. The largest absolute Gasteiger partial charge is 0.369 e. The van der Waals surface area contributed by atoms with Crippen molar-refractivity contribution in [1.82, 2.24) is 9.66 Å². The summed E-state index contributed by atoms with van der Waals surface area (Å²) < 4.78 is 1.03. The lowest BCUT2D eigenvalue weighted by Crippen LogP contribution is -2.30. The van der Waals surface area contributed by atoms with E-state index in [9.17, 15) is 9.59 Å². The van der Waals surface area contributed by atoms with Gasteiger partial charge >= 0.3 is 0 Å². The van der Waals surface area contributed by atoms with E-state index in [1.807, 2.05) is 0 Å². The molecule has 6 nitrogen and oxygen atoms in total. The molecule has 0 aliphatic heterocycles. The van der Waals surface area contributed by atoms with Gasteiger partial charge in [-0.2, -0.15) is 0 Å². The number of fused-ring (bicyclic) bond motifs is 3. The van der Waals surface area contributed by atoms with Crippen molar-refractivity contribution in [3.8, 4) is 0 Å². The quantitative estimate of drug-likeness (QED) is 0.501. The van der Waals surface area contributed by atoms with Crippen LogP contribution in [0, 0.1) is 0 Å². The van der Waals surface area contributed by atoms with Gasteiger partial charge in [-0.3, -0.25) is 9.59 Å². The van der Waals surface area contributed by atoms with Crippen LogP contribution in [-0.2, 0) is 11.2 Å². The average Bonchev–Trinajstić information content (AvgIpc) is 2.81. The number of carbonyl (C=O) groups excluding carboxylic acids is 1. The molecular weight excluding hydrogens is 308 g/mol. The van der Waals surface area contributed by atoms with Crippen LogP contribution in [0.15, 0.2) is 9.95 Å². The molecule has 0 spiro atoms. The molecule has 8 heteroatoms. The molecule has 1 atom stereocenters. The number of rotatable bonds is 3. The highest BCUT2D eigenvalue weighted by atomic mass is 32.2. The maximum absolute atomic E-state index is 12.5. The van der Waals surface area contributed by atoms with Gasteiger partial charge in [0.1, 0.15) is 4.83 Å². The molecule has 4 N–H and O–H groups in total. The lowest BCUT2D eigenvalue weighted by Gasteiger charge is -2.18. The summed E-state index contributed by atoms with van der Waals surface area (Å²) in [6.07, 6.45) is 3.22. The lowest BCUT2D eigenvalue weighted by atomic mass is 9.88. The van der Waals surface area contributed by atoms with Gasteiger partial charge < -0.3 is 11.6 Å². The van der Waals surface area contributed by atoms with E-state index >= 15 is 0 Å². The molecule has 0 radical (unpaired) electrons. The summed E-state index contributed by atoms with van der Waals surface area (Å²) >= 11 is 2.66. The molecule has 0 unspecified atom stereocenters. The minimum absolute atomic E-state index is 0.0522. The van der Waals surface area contributed by atoms with Crippen LogP contribution in [0.4, 0.5) is 0 Å². The second-order valence-corrected chi connectivity index (χ2v) is 7.26. The van der Waals surface area contributed by atoms with Gasteiger partial charge in [-0.1, -0.05) is 18.7 Å². The number of carbonyl (C=O) groups is 1. The molecular formula is C13H16N4O2S2. The van der Waals surface area contributed by atoms with Gasteiger partial charge in [0.25, 0.3) is 5.56 Å². The number of primary amides is 1. The Morgan fingerprint density at radius 1 is 1.57 bits per heavy atom. The number of amides is 1. The molecule has 0 aromatic carbocycles. The third kappa shape index (κ3) is 2.42. The third-order valence-electron chi connectivity index (χ3n) is 3.72. The number of nitrogen functional groups attached to an aromatic ring is 1. The molecule has 2 aromatic rings. The number of hydrogen-bond acceptors (Lipinski definition) is 6. The minimum Gasteiger partial charge on any atom is -0.369 e. The molecule has 112 valence electrons. The van der Waals surface area contributed by atoms with Crippen LogP contribution in [-0.4, -0.2) is 21.3 Å². The standard InChI is InChI=1S/C13H16N4O2S2/c1-6-3-2-4-7-9(6)10-11(21-7)16-13(17(15)12(10)19)20-5-8(14)18/h6H,2-5,15H2,1H3,(H2,14,18)/t6-/m0/s1. The average molecular weight is 324 g/mol. The van der Waals surface area contributed by atoms with Crippen LogP contribution in [0.3, 0.4) is 0 Å². The first-order valence-corrected chi connectivity index (χ1v) is 8.53. The topological polar surface area (TPSA) is 104 Å². The fourth-order valence-electron chi connectivity index (χ4n) is 2.77. The van der Waals surface area contributed by atoms with E-state index in [0.29, 0.717) is 21.3 Å². The Labute approximate surface area is 129 Å². The molecule has 0 saturated carbocycles. The summed E-state index contributed by atoms with van der Waals surface area (Å²) in [5.41, 5.74) is 6.00. The van der Waals surface area contributed by atoms with E-state index in [2.05, 4.69) is 11.9 Å². The Morgan fingerprint density at radius 3 is 3.05 bits per heavy atom. The van der Waals surface area contributed by atoms with Crippen LogP contribution < -0.4 is 17.1 Å². The minimum atomic E-state index is -0.464. The molecule has 0 fully saturated rings. The molecule has 1 amide bonds. The zero-order valence-electron chi connectivity index (χ0n) is 11.6. The molecule has 2 aromatic heterocycles. The summed E-state index contributed by atoms with van der Waals surface area (Å²) in [5.74, 6) is 5.80. The smallest absolute Gasteiger partial charge is 0.281 e. The Hall–Kier alpha value is -1.54. The van der Waals surface area contributed by atoms with Crippen LogP contribution in [0.5, 0.6) is 0 Å². The first kappa shape index (κ1) is 14.4. The number of thioether (sulfide) groups is 1. The van der Waals surface area contributed by atoms with E-state index in [1.165, 1.54) is 4.88 Å². The van der Waals surface area contributed by atoms with E-state index in [-0.39, 0.29) is 11.3 Å². The fourth-order valence-corrected chi connectivity index (χ4v) is 4.80. The van der Waals surface area contributed by atoms with Gasteiger partial charge in [0, 0.05) is 4.88 Å². The van der Waals surface area contributed by atoms with Crippen LogP contribution in [0.2, 0.25) is 0 Å². The SMILES string of the molecule is C[C@H]1CCCc2sc3nc(SCC(N)=O)n(N)c(=O)c3c21. The van der Waals surface area contributed by atoms with E-state index in [4.69, 9.17) is 11.6 Å². The highest BCUT2D eigenvalue weighted by molar-refractivity contribution is 7.99. The zero-order valence-corrected chi connectivity index (χ0v) is 13.2. The van der Waals surface area contributed by atoms with Gasteiger partial charge in [0.15, 0.2) is 5.16 Å². The third-order valence-corrected chi connectivity index (χ3v) is 5.85. The van der Waals surface area contributed by atoms with Gasteiger partial charge in [-0.25, -0.2) is 9.66 Å². The molecule has 0 bridgehead atoms. The normalized spacial score (nSPS) is 17.9.